The van der Waals surface area contributed by atoms with E-state index in [2.05, 4.69) is 27.0 Å². The highest BCUT2D eigenvalue weighted by atomic mass is 32.1. The maximum atomic E-state index is 5.67. The van der Waals surface area contributed by atoms with Crippen LogP contribution in [0.15, 0.2) is 42.3 Å². The molecule has 0 aliphatic carbocycles. The Morgan fingerprint density at radius 1 is 1.44 bits per heavy atom. The second-order valence-corrected chi connectivity index (χ2v) is 5.04. The van der Waals surface area contributed by atoms with E-state index in [0.717, 1.165) is 17.5 Å². The highest BCUT2D eigenvalue weighted by Gasteiger charge is 2.16. The predicted octanol–water partition coefficient (Wildman–Crippen LogP) is 1.54. The van der Waals surface area contributed by atoms with E-state index < -0.39 is 0 Å². The van der Waals surface area contributed by atoms with E-state index in [9.17, 15) is 0 Å². The van der Waals surface area contributed by atoms with E-state index in [0.29, 0.717) is 0 Å². The van der Waals surface area contributed by atoms with Crippen LogP contribution < -0.4 is 11.3 Å². The Bertz CT molecular complexity index is 631. The standard InChI is InChI=1S/C12H13N5S/c13-16-11(6-9-2-1-5-18-9)10-7-15-17-4-3-14-8-12(10)17/h1-5,7-8,11,16H,6,13H2. The number of nitrogens with two attached hydrogens (primary N) is 1. The Morgan fingerprint density at radius 3 is 3.17 bits per heavy atom. The Labute approximate surface area is 108 Å². The van der Waals surface area contributed by atoms with Gasteiger partial charge in [0, 0.05) is 29.3 Å². The van der Waals surface area contributed by atoms with Crippen molar-refractivity contribution in [2.24, 2.45) is 5.84 Å². The molecule has 1 atom stereocenters. The van der Waals surface area contributed by atoms with Crippen LogP contribution in [0.2, 0.25) is 0 Å². The van der Waals surface area contributed by atoms with Gasteiger partial charge in [0.25, 0.3) is 0 Å². The van der Waals surface area contributed by atoms with Gasteiger partial charge in [0.15, 0.2) is 0 Å². The van der Waals surface area contributed by atoms with Crippen molar-refractivity contribution in [1.82, 2.24) is 20.0 Å². The predicted molar refractivity (Wildman–Crippen MR) is 71.1 cm³/mol. The van der Waals surface area contributed by atoms with E-state index in [-0.39, 0.29) is 6.04 Å². The van der Waals surface area contributed by atoms with Crippen molar-refractivity contribution in [3.63, 3.8) is 0 Å². The van der Waals surface area contributed by atoms with Gasteiger partial charge in [-0.15, -0.1) is 11.3 Å². The van der Waals surface area contributed by atoms with Crippen molar-refractivity contribution in [3.05, 3.63) is 52.7 Å². The molecule has 0 bridgehead atoms. The van der Waals surface area contributed by atoms with Crippen LogP contribution in [0.1, 0.15) is 16.5 Å². The van der Waals surface area contributed by atoms with Crippen molar-refractivity contribution in [2.45, 2.75) is 12.5 Å². The highest BCUT2D eigenvalue weighted by Crippen LogP contribution is 2.23. The zero-order valence-electron chi connectivity index (χ0n) is 9.65. The molecule has 0 aliphatic heterocycles. The molecule has 6 heteroatoms. The first-order chi connectivity index (χ1) is 8.88. The molecule has 0 saturated heterocycles. The van der Waals surface area contributed by atoms with Crippen LogP contribution >= 0.6 is 11.3 Å². The summed E-state index contributed by atoms with van der Waals surface area (Å²) in [5.41, 5.74) is 4.91. The van der Waals surface area contributed by atoms with Crippen molar-refractivity contribution >= 4 is 16.9 Å². The van der Waals surface area contributed by atoms with Gasteiger partial charge in [-0.05, 0) is 11.4 Å². The molecule has 3 aromatic heterocycles. The summed E-state index contributed by atoms with van der Waals surface area (Å²) < 4.78 is 1.81. The van der Waals surface area contributed by atoms with Gasteiger partial charge in [-0.2, -0.15) is 5.10 Å². The van der Waals surface area contributed by atoms with Crippen molar-refractivity contribution < 1.29 is 0 Å². The van der Waals surface area contributed by atoms with E-state index in [1.165, 1.54) is 4.88 Å². The SMILES string of the molecule is NNC(Cc1cccs1)c1cnn2ccncc12. The number of hydrazine groups is 1. The van der Waals surface area contributed by atoms with Gasteiger partial charge in [-0.1, -0.05) is 6.07 Å². The molecule has 3 heterocycles. The topological polar surface area (TPSA) is 68.2 Å². The minimum absolute atomic E-state index is 0.0466. The van der Waals surface area contributed by atoms with Crippen LogP contribution in [0, 0.1) is 0 Å². The highest BCUT2D eigenvalue weighted by molar-refractivity contribution is 7.09. The summed E-state index contributed by atoms with van der Waals surface area (Å²) >= 11 is 1.73. The molecule has 3 rings (SSSR count). The largest absolute Gasteiger partial charge is 0.271 e. The molecule has 92 valence electrons. The molecule has 1 unspecified atom stereocenters. The van der Waals surface area contributed by atoms with Crippen LogP contribution in [-0.4, -0.2) is 14.6 Å². The van der Waals surface area contributed by atoms with Crippen molar-refractivity contribution in [3.8, 4) is 0 Å². The molecular weight excluding hydrogens is 246 g/mol. The maximum Gasteiger partial charge on any atom is 0.0893 e. The molecule has 3 N–H and O–H groups in total. The van der Waals surface area contributed by atoms with E-state index in [1.54, 1.807) is 28.2 Å². The second-order valence-electron chi connectivity index (χ2n) is 4.01. The number of rotatable bonds is 4. The molecule has 0 saturated carbocycles. The lowest BCUT2D eigenvalue weighted by atomic mass is 10.1. The summed E-state index contributed by atoms with van der Waals surface area (Å²) in [6.45, 7) is 0. The smallest absolute Gasteiger partial charge is 0.0893 e. The minimum Gasteiger partial charge on any atom is -0.271 e. The Hall–Kier alpha value is -1.76. The molecule has 18 heavy (non-hydrogen) atoms. The Kier molecular flexibility index (Phi) is 3.06. The van der Waals surface area contributed by atoms with Gasteiger partial charge in [0.1, 0.15) is 0 Å². The molecule has 0 aromatic carbocycles. The normalized spacial score (nSPS) is 12.9. The second kappa shape index (κ2) is 4.85. The maximum absolute atomic E-state index is 5.67. The molecule has 0 spiro atoms. The fourth-order valence-electron chi connectivity index (χ4n) is 2.01. The molecule has 3 aromatic rings. The van der Waals surface area contributed by atoms with E-state index in [1.807, 2.05) is 18.5 Å². The van der Waals surface area contributed by atoms with Gasteiger partial charge in [0.05, 0.1) is 24.0 Å². The number of hydrogen-bond acceptors (Lipinski definition) is 5. The summed E-state index contributed by atoms with van der Waals surface area (Å²) in [6, 6.07) is 4.20. The van der Waals surface area contributed by atoms with Crippen LogP contribution in [0.4, 0.5) is 0 Å². The van der Waals surface area contributed by atoms with Gasteiger partial charge in [0.2, 0.25) is 0 Å². The third-order valence-corrected chi connectivity index (χ3v) is 3.82. The Morgan fingerprint density at radius 2 is 2.39 bits per heavy atom. The summed E-state index contributed by atoms with van der Waals surface area (Å²) in [6.07, 6.45) is 8.05. The van der Waals surface area contributed by atoms with Crippen LogP contribution in [0.25, 0.3) is 5.52 Å². The number of thiophene rings is 1. The Balaban J connectivity index is 1.96. The van der Waals surface area contributed by atoms with E-state index >= 15 is 0 Å². The zero-order valence-corrected chi connectivity index (χ0v) is 10.5. The fourth-order valence-corrected chi connectivity index (χ4v) is 2.76. The molecule has 0 aliphatic rings. The summed E-state index contributed by atoms with van der Waals surface area (Å²) in [5, 5.41) is 6.37. The van der Waals surface area contributed by atoms with Crippen LogP contribution in [-0.2, 0) is 6.42 Å². The number of fused-ring (bicyclic) bond motifs is 1. The quantitative estimate of drug-likeness (QED) is 0.551. The first-order valence-electron chi connectivity index (χ1n) is 5.64. The van der Waals surface area contributed by atoms with Crippen molar-refractivity contribution in [2.75, 3.05) is 0 Å². The third-order valence-electron chi connectivity index (χ3n) is 2.92. The number of nitrogens with one attached hydrogen (secondary N) is 1. The van der Waals surface area contributed by atoms with Gasteiger partial charge >= 0.3 is 0 Å². The van der Waals surface area contributed by atoms with Gasteiger partial charge in [-0.3, -0.25) is 16.3 Å². The lowest BCUT2D eigenvalue weighted by Gasteiger charge is -2.13. The summed E-state index contributed by atoms with van der Waals surface area (Å²) in [4.78, 5) is 5.43. The molecular formula is C12H13N5S. The van der Waals surface area contributed by atoms with Crippen molar-refractivity contribution in [1.29, 1.82) is 0 Å². The lowest BCUT2D eigenvalue weighted by Crippen LogP contribution is -2.29. The number of aromatic nitrogens is 3. The average Bonchev–Trinajstić information content (AvgIpc) is 3.05. The lowest BCUT2D eigenvalue weighted by molar-refractivity contribution is 0.559. The summed E-state index contributed by atoms with van der Waals surface area (Å²) in [5.74, 6) is 5.67. The summed E-state index contributed by atoms with van der Waals surface area (Å²) in [7, 11) is 0. The fraction of sp³-hybridized carbons (Fsp3) is 0.167. The average molecular weight is 259 g/mol. The number of nitrogens with zero attached hydrogens (tertiary/aromatic N) is 3. The van der Waals surface area contributed by atoms with E-state index in [4.69, 9.17) is 5.84 Å². The molecule has 0 radical (unpaired) electrons. The van der Waals surface area contributed by atoms with Gasteiger partial charge < -0.3 is 0 Å². The zero-order chi connectivity index (χ0) is 12.4. The number of hydrogen-bond donors (Lipinski definition) is 2. The van der Waals surface area contributed by atoms with Gasteiger partial charge in [-0.25, -0.2) is 4.52 Å². The first kappa shape index (κ1) is 11.3. The third kappa shape index (κ3) is 2.01. The molecule has 0 fully saturated rings. The first-order valence-corrected chi connectivity index (χ1v) is 6.52. The molecule has 0 amide bonds. The molecule has 5 nitrogen and oxygen atoms in total. The van der Waals surface area contributed by atoms with Crippen LogP contribution in [0.5, 0.6) is 0 Å². The monoisotopic (exact) mass is 259 g/mol. The minimum atomic E-state index is 0.0466. The van der Waals surface area contributed by atoms with Crippen LogP contribution in [0.3, 0.4) is 0 Å².